The maximum Gasteiger partial charge on any atom is 0.246 e. The largest absolute Gasteiger partial charge is 0.508 e. The Morgan fingerprint density at radius 2 is 1.56 bits per heavy atom. The van der Waals surface area contributed by atoms with Gasteiger partial charge >= 0.3 is 0 Å². The highest BCUT2D eigenvalue weighted by Gasteiger charge is 2.38. The minimum Gasteiger partial charge on any atom is -0.508 e. The van der Waals surface area contributed by atoms with Crippen LogP contribution >= 0.6 is 21.6 Å². The molecule has 1 fully saturated rings. The third-order valence-corrected chi connectivity index (χ3v) is 13.9. The summed E-state index contributed by atoms with van der Waals surface area (Å²) in [6.45, 7) is 5.65. The first kappa shape index (κ1) is 61.0. The number of benzene rings is 1. The zero-order valence-corrected chi connectivity index (χ0v) is 42.9. The highest BCUT2D eigenvalue weighted by atomic mass is 33.1. The van der Waals surface area contributed by atoms with Crippen LogP contribution in [0.3, 0.4) is 0 Å². The van der Waals surface area contributed by atoms with Gasteiger partial charge in [0.1, 0.15) is 23.9 Å². The van der Waals surface area contributed by atoms with Gasteiger partial charge in [0, 0.05) is 55.6 Å². The molecule has 26 heteroatoms. The Labute approximate surface area is 431 Å². The summed E-state index contributed by atoms with van der Waals surface area (Å²) in [5, 5.41) is 20.1. The van der Waals surface area contributed by atoms with Crippen LogP contribution in [0.2, 0.25) is 0 Å². The summed E-state index contributed by atoms with van der Waals surface area (Å²) in [7, 11) is 2.14. The van der Waals surface area contributed by atoms with Gasteiger partial charge in [0.25, 0.3) is 0 Å². The van der Waals surface area contributed by atoms with Crippen molar-refractivity contribution in [3.63, 3.8) is 0 Å². The first-order valence-electron chi connectivity index (χ1n) is 23.7. The van der Waals surface area contributed by atoms with Crippen LogP contribution in [0.15, 0.2) is 48.7 Å². The Morgan fingerprint density at radius 1 is 0.863 bits per heavy atom. The number of primary amides is 2. The minimum absolute atomic E-state index is 0.0513. The molecular weight excluding hydrogens is 989 g/mol. The minimum atomic E-state index is -1.74. The van der Waals surface area contributed by atoms with Gasteiger partial charge in [-0.3, -0.25) is 69.0 Å². The first-order valence-corrected chi connectivity index (χ1v) is 26.2. The van der Waals surface area contributed by atoms with Crippen molar-refractivity contribution in [2.45, 2.75) is 115 Å². The fourth-order valence-corrected chi connectivity index (χ4v) is 9.47. The molecule has 1 aliphatic heterocycles. The lowest BCUT2D eigenvalue weighted by atomic mass is 9.90. The SMILES string of the molecule is CC[C@H](C)C1NN[C@@H](CCC(N)=O)C(=O)N[C@@H](CC(N)=O)C(=O)N[C@H](C(=O)N(CCc2ccccn2)CC(=O)N[C@@H](CC(C)C)C(=O)C(=O)CNN)CSSCCC(=O)N[C@@H](Cc2ccc(O)cc2)C(=O)C1=O. The van der Waals surface area contributed by atoms with Crippen molar-refractivity contribution >= 4 is 86.1 Å². The van der Waals surface area contributed by atoms with Gasteiger partial charge < -0.3 is 42.7 Å². The van der Waals surface area contributed by atoms with Gasteiger partial charge in [-0.1, -0.05) is 73.9 Å². The number of nitrogens with two attached hydrogens (primary N) is 3. The number of aromatic nitrogens is 1. The fraction of sp³-hybridized carbons (Fsp3) is 0.532. The molecule has 1 saturated heterocycles. The Morgan fingerprint density at radius 3 is 2.18 bits per heavy atom. The van der Waals surface area contributed by atoms with Crippen molar-refractivity contribution in [2.75, 3.05) is 31.1 Å². The van der Waals surface area contributed by atoms with E-state index in [0.717, 1.165) is 26.5 Å². The molecule has 24 nitrogen and oxygen atoms in total. The van der Waals surface area contributed by atoms with Gasteiger partial charge in [-0.15, -0.1) is 0 Å². The van der Waals surface area contributed by atoms with Gasteiger partial charge in [0.05, 0.1) is 37.6 Å². The average molecular weight is 1060 g/mol. The van der Waals surface area contributed by atoms with Crippen LogP contribution in [0.1, 0.15) is 77.5 Å². The molecule has 0 radical (unpaired) electrons. The van der Waals surface area contributed by atoms with E-state index in [1.807, 2.05) is 0 Å². The molecule has 3 rings (SSSR count). The predicted octanol–water partition coefficient (Wildman–Crippen LogP) is -2.07. The van der Waals surface area contributed by atoms with Gasteiger partial charge in [0.2, 0.25) is 64.5 Å². The number of amides is 7. The molecular formula is C47H68N12O12S2. The van der Waals surface area contributed by atoms with Gasteiger partial charge in [-0.25, -0.2) is 10.9 Å². The molecule has 1 aromatic heterocycles. The van der Waals surface area contributed by atoms with Crippen molar-refractivity contribution in [1.82, 2.24) is 47.4 Å². The Bertz CT molecular complexity index is 2260. The molecule has 1 aromatic carbocycles. The second kappa shape index (κ2) is 31.3. The number of rotatable bonds is 22. The van der Waals surface area contributed by atoms with E-state index in [-0.39, 0.29) is 68.2 Å². The molecule has 400 valence electrons. The van der Waals surface area contributed by atoms with Crippen molar-refractivity contribution in [3.8, 4) is 5.75 Å². The van der Waals surface area contributed by atoms with E-state index < -0.39 is 126 Å². The smallest absolute Gasteiger partial charge is 0.246 e. The summed E-state index contributed by atoms with van der Waals surface area (Å²) in [5.74, 6) is -5.55. The van der Waals surface area contributed by atoms with E-state index in [1.165, 1.54) is 30.5 Å². The lowest BCUT2D eigenvalue weighted by molar-refractivity contribution is -0.141. The van der Waals surface area contributed by atoms with Gasteiger partial charge in [-0.2, -0.15) is 0 Å². The first-order chi connectivity index (χ1) is 34.6. The van der Waals surface area contributed by atoms with Crippen molar-refractivity contribution in [1.29, 1.82) is 0 Å². The van der Waals surface area contributed by atoms with Crippen LogP contribution < -0.4 is 54.9 Å². The number of hydrazine groups is 2. The summed E-state index contributed by atoms with van der Waals surface area (Å²) < 4.78 is 0. The zero-order chi connectivity index (χ0) is 54.2. The normalized spacial score (nSPS) is 20.6. The number of hydrogen-bond acceptors (Lipinski definition) is 19. The predicted molar refractivity (Wildman–Crippen MR) is 271 cm³/mol. The third kappa shape index (κ3) is 21.4. The number of carbonyl (C=O) groups is 11. The third-order valence-electron chi connectivity index (χ3n) is 11.5. The van der Waals surface area contributed by atoms with Crippen molar-refractivity contribution in [3.05, 3.63) is 59.9 Å². The number of aromatic hydroxyl groups is 1. The Balaban J connectivity index is 2.10. The van der Waals surface area contributed by atoms with Gasteiger partial charge in [-0.05, 0) is 54.5 Å². The van der Waals surface area contributed by atoms with Crippen LogP contribution in [0, 0.1) is 11.8 Å². The van der Waals surface area contributed by atoms with E-state index in [4.69, 9.17) is 17.3 Å². The number of phenolic OH excluding ortho intramolecular Hbond substituents is 1. The molecule has 1 aliphatic rings. The molecule has 2 heterocycles. The monoisotopic (exact) mass is 1060 g/mol. The maximum atomic E-state index is 14.8. The number of nitrogens with zero attached hydrogens (tertiary/aromatic N) is 2. The quantitative estimate of drug-likeness (QED) is 0.0261. The molecule has 0 spiro atoms. The van der Waals surface area contributed by atoms with E-state index in [0.29, 0.717) is 17.7 Å². The summed E-state index contributed by atoms with van der Waals surface area (Å²) in [6, 6.07) is 2.25. The summed E-state index contributed by atoms with van der Waals surface area (Å²) in [6.07, 6.45) is 0.240. The van der Waals surface area contributed by atoms with Crippen LogP contribution in [0.5, 0.6) is 5.75 Å². The molecule has 7 atom stereocenters. The van der Waals surface area contributed by atoms with Crippen LogP contribution in [-0.2, 0) is 65.6 Å². The molecule has 1 unspecified atom stereocenters. The number of Topliss-reactive ketones (excluding diaryl/α,β-unsaturated/α-hetero) is 4. The molecule has 0 aliphatic carbocycles. The highest BCUT2D eigenvalue weighted by molar-refractivity contribution is 8.76. The maximum absolute atomic E-state index is 14.8. The number of ketones is 4. The second-order valence-electron chi connectivity index (χ2n) is 17.8. The number of pyridine rings is 1. The Kier molecular flexibility index (Phi) is 26.2. The molecule has 0 bridgehead atoms. The molecule has 14 N–H and O–H groups in total. The van der Waals surface area contributed by atoms with E-state index in [1.54, 1.807) is 45.9 Å². The standard InChI is InChI=1S/C47H68N12O12S2/c1-5-27(4)41-44(68)43(67)33(21-28-9-11-30(60)12-10-28)53-39(64)16-19-72-73-25-35(56-46(70)34(22-38(49)63)55-45(69)31(57-58-41)13-14-37(48)62)47(71)59(18-15-29-8-6-7-17-51-29)24-40(65)54-32(20-26(2)3)42(66)36(61)23-52-50/h6-12,17,26-27,31-35,41,52,57-58,60H,5,13-16,18-25,50H2,1-4H3,(H2,48,62)(H2,49,63)(H,53,64)(H,54,65)(H,55,69)(H,56,70)/t27-,31-,32-,33-,34-,35-,41?/m0/s1. The number of hydrogen-bond donors (Lipinski definition) is 11. The highest BCUT2D eigenvalue weighted by Crippen LogP contribution is 2.24. The molecule has 2 aromatic rings. The molecule has 0 saturated carbocycles. The molecule has 73 heavy (non-hydrogen) atoms. The van der Waals surface area contributed by atoms with Crippen LogP contribution in [-0.4, -0.2) is 147 Å². The summed E-state index contributed by atoms with van der Waals surface area (Å²) >= 11 is 0. The summed E-state index contributed by atoms with van der Waals surface area (Å²) in [4.78, 5) is 154. The average Bonchev–Trinajstić information content (AvgIpc) is 3.34. The zero-order valence-electron chi connectivity index (χ0n) is 41.3. The van der Waals surface area contributed by atoms with E-state index in [9.17, 15) is 57.8 Å². The Hall–Kier alpha value is -6.32. The number of nitrogens with one attached hydrogen (secondary N) is 7. The molecule has 7 amide bonds. The van der Waals surface area contributed by atoms with Crippen molar-refractivity contribution in [2.24, 2.45) is 29.1 Å². The lowest BCUT2D eigenvalue weighted by Crippen LogP contribution is -2.62. The number of carbonyl (C=O) groups excluding carboxylic acids is 11. The lowest BCUT2D eigenvalue weighted by Gasteiger charge is -2.30. The van der Waals surface area contributed by atoms with Crippen LogP contribution in [0.4, 0.5) is 0 Å². The van der Waals surface area contributed by atoms with E-state index in [2.05, 4.69) is 42.5 Å². The second-order valence-corrected chi connectivity index (χ2v) is 20.5. The number of phenols is 1. The topological polar surface area (TPSA) is 386 Å². The summed E-state index contributed by atoms with van der Waals surface area (Å²) in [5.41, 5.74) is 19.6. The van der Waals surface area contributed by atoms with E-state index >= 15 is 0 Å². The fourth-order valence-electron chi connectivity index (χ4n) is 7.33. The van der Waals surface area contributed by atoms with Gasteiger partial charge in [0.15, 0.2) is 0 Å². The van der Waals surface area contributed by atoms with Crippen LogP contribution in [0.25, 0.3) is 0 Å². The van der Waals surface area contributed by atoms with Crippen molar-refractivity contribution < 1.29 is 57.8 Å².